The smallest absolute Gasteiger partial charge is 0.305 e. The fraction of sp³-hybridized carbons (Fsp3) is 0.803. The molecule has 0 fully saturated rings. The number of carbonyl (C=O) groups is 9. The Morgan fingerprint density at radius 1 is 0.314 bits per heavy atom. The van der Waals surface area contributed by atoms with Gasteiger partial charge in [-0.3, -0.25) is 53.9 Å². The number of ketones is 5. The van der Waals surface area contributed by atoms with Gasteiger partial charge in [-0.15, -0.1) is 0 Å². The standard InChI is InChI=1S/C6H10O2.C5H10O.C5H10S.C4H11N5.2C4H8O2.2C4H8OS.2C4H8O.2C4H10.C3H9N3.2C3H6O2.15CH4/c1-3-5(7)6(8)4-2;2*1-3-5(6)4-2;1-7-3(5)9-4(6)8-2;2*1-3-4(5)6-2;2*1-3-4(6)5-2;2*1-3-4(2)5;2*1-3-4-2;1-5-3(4)6-2;2*1-3(4)5-2;;;;;;;;;;;;;;;/h3-4H2,1-2H3;2*3-4H2,1-2H3;1-2H3,(H5,5,6,7,8,9);4*3H2,1-2H3;2*3H2,1-2H3;2*3-4H2,1-2H3;1-2H3,(H3,4,5,6);2*1-2H3;15*1H4. The van der Waals surface area contributed by atoms with Crippen molar-refractivity contribution in [3.05, 3.63) is 0 Å². The molecular formula is C76H190N8O15S3. The second-order valence-electron chi connectivity index (χ2n) is 15.5. The molecule has 0 heterocycles. The fourth-order valence-electron chi connectivity index (χ4n) is 1.83. The lowest BCUT2D eigenvalue weighted by Crippen LogP contribution is -2.41. The van der Waals surface area contributed by atoms with E-state index in [0.29, 0.717) is 73.2 Å². The van der Waals surface area contributed by atoms with Crippen molar-refractivity contribution in [3.8, 4) is 0 Å². The Balaban J connectivity index is -0.0000000193. The number of esters is 4. The number of aliphatic imine (C=N–C) groups is 3. The van der Waals surface area contributed by atoms with E-state index < -0.39 is 0 Å². The van der Waals surface area contributed by atoms with Crippen LogP contribution in [0.3, 0.4) is 0 Å². The van der Waals surface area contributed by atoms with Crippen LogP contribution < -0.4 is 27.8 Å². The van der Waals surface area contributed by atoms with E-state index in [2.05, 4.69) is 120 Å². The minimum Gasteiger partial charge on any atom is -0.490 e. The number of hydrogen-bond donors (Lipinski definition) is 5. The Hall–Kier alpha value is -5.89. The highest BCUT2D eigenvalue weighted by atomic mass is 32.1. The number of ether oxygens (including phenoxy) is 6. The highest BCUT2D eigenvalue weighted by molar-refractivity contribution is 7.80. The monoisotopic (exact) mass is 1550 g/mol. The van der Waals surface area contributed by atoms with Gasteiger partial charge in [-0.1, -0.05) is 260 Å². The summed E-state index contributed by atoms with van der Waals surface area (Å²) >= 11 is 14.1. The molecule has 0 bridgehead atoms. The van der Waals surface area contributed by atoms with Gasteiger partial charge in [-0.2, -0.15) is 0 Å². The van der Waals surface area contributed by atoms with Crippen molar-refractivity contribution in [1.29, 1.82) is 0 Å². The van der Waals surface area contributed by atoms with Crippen molar-refractivity contribution in [2.24, 2.45) is 32.2 Å². The summed E-state index contributed by atoms with van der Waals surface area (Å²) in [5.41, 5.74) is 15.6. The summed E-state index contributed by atoms with van der Waals surface area (Å²) in [5.74, 6) is 0.524. The number of nitrogens with zero attached hydrogens (tertiary/aromatic N) is 3. The number of rotatable bonds is 15. The molecule has 0 aliphatic carbocycles. The van der Waals surface area contributed by atoms with Crippen molar-refractivity contribution in [1.82, 2.24) is 10.6 Å². The average Bonchev–Trinajstić information content (AvgIpc) is 3.71. The van der Waals surface area contributed by atoms with E-state index in [-0.39, 0.29) is 170 Å². The second-order valence-corrected chi connectivity index (χ2v) is 17.0. The van der Waals surface area contributed by atoms with Gasteiger partial charge in [0, 0.05) is 106 Å². The number of methoxy groups -OCH3 is 6. The number of thiocarbonyl (C=S) groups is 3. The Bertz CT molecular complexity index is 1460. The SMILES string of the molecule is C.C.C.C.C.C.C.C.C.C.C.C.C.C.C.CCC(=O)C(=O)CC.CCC(=O)CC.CCC(=O)OC.CCC(=O)OC.CCC(=S)CC.CCC(=S)OC.CCC(=S)OC.CCC(C)=O.CCC(C)=O.CCCC.CCCC.CN=C(N)NC.CN=C(N)NC(N)=NC.COC(C)=O.COC(C)=O. The molecule has 0 rings (SSSR count). The summed E-state index contributed by atoms with van der Waals surface area (Å²) in [6.45, 7) is 37.1. The van der Waals surface area contributed by atoms with Crippen molar-refractivity contribution < 1.29 is 71.6 Å². The van der Waals surface area contributed by atoms with Gasteiger partial charge in [0.15, 0.2) is 39.5 Å². The number of unbranched alkanes of at least 4 members (excludes halogenated alkanes) is 2. The molecule has 0 aromatic heterocycles. The number of carbonyl (C=O) groups excluding carboxylic acids is 9. The first-order valence-electron chi connectivity index (χ1n) is 29.1. The van der Waals surface area contributed by atoms with E-state index in [0.717, 1.165) is 25.7 Å². The molecule has 0 aromatic carbocycles. The number of nitrogens with two attached hydrogens (primary N) is 3. The molecule has 102 heavy (non-hydrogen) atoms. The predicted octanol–water partition coefficient (Wildman–Crippen LogP) is 21.5. The van der Waals surface area contributed by atoms with Crippen molar-refractivity contribution in [2.45, 2.75) is 353 Å². The molecule has 0 unspecified atom stereocenters. The molecule has 0 radical (unpaired) electrons. The van der Waals surface area contributed by atoms with E-state index in [1.165, 1.54) is 72.8 Å². The number of nitrogens with one attached hydrogen (secondary N) is 2. The molecule has 26 heteroatoms. The zero-order valence-electron chi connectivity index (χ0n) is 60.2. The molecule has 0 amide bonds. The summed E-state index contributed by atoms with van der Waals surface area (Å²) in [6.07, 6.45) is 13.4. The van der Waals surface area contributed by atoms with Gasteiger partial charge in [0.25, 0.3) is 0 Å². The van der Waals surface area contributed by atoms with Gasteiger partial charge in [-0.05, 0) is 56.0 Å². The summed E-state index contributed by atoms with van der Waals surface area (Å²) in [5, 5.41) is 6.53. The first-order valence-corrected chi connectivity index (χ1v) is 30.3. The van der Waals surface area contributed by atoms with Crippen LogP contribution in [0.4, 0.5) is 0 Å². The van der Waals surface area contributed by atoms with Crippen molar-refractivity contribution in [2.75, 3.05) is 70.8 Å². The lowest BCUT2D eigenvalue weighted by atomic mass is 10.2. The molecule has 0 saturated carbocycles. The van der Waals surface area contributed by atoms with Gasteiger partial charge in [0.05, 0.1) is 42.7 Å². The Kier molecular flexibility index (Phi) is 376. The maximum Gasteiger partial charge on any atom is 0.305 e. The third kappa shape index (κ3) is 352. The number of guanidine groups is 3. The fourth-order valence-corrected chi connectivity index (χ4v) is 1.83. The van der Waals surface area contributed by atoms with Crippen LogP contribution in [0.2, 0.25) is 0 Å². The van der Waals surface area contributed by atoms with Crippen molar-refractivity contribution in [3.63, 3.8) is 0 Å². The molecule has 0 atom stereocenters. The summed E-state index contributed by atoms with van der Waals surface area (Å²) in [6, 6.07) is 0. The molecule has 0 spiro atoms. The van der Waals surface area contributed by atoms with Crippen molar-refractivity contribution >= 4 is 122 Å². The molecule has 0 saturated heterocycles. The largest absolute Gasteiger partial charge is 0.490 e. The van der Waals surface area contributed by atoms with Crippen LogP contribution >= 0.6 is 36.7 Å². The molecular weight excluding hydrogens is 1360 g/mol. The quantitative estimate of drug-likeness (QED) is 0.0254. The topological polar surface area (TPSA) is 348 Å². The predicted molar refractivity (Wildman–Crippen MR) is 478 cm³/mol. The second kappa shape index (κ2) is 193. The van der Waals surface area contributed by atoms with Crippen LogP contribution in [0.15, 0.2) is 15.0 Å². The lowest BCUT2D eigenvalue weighted by molar-refractivity contribution is -0.141. The van der Waals surface area contributed by atoms with Crippen LogP contribution in [0.1, 0.15) is 353 Å². The number of hydrogen-bond acceptors (Lipinski definition) is 21. The van der Waals surface area contributed by atoms with Crippen LogP contribution in [0, 0.1) is 0 Å². The van der Waals surface area contributed by atoms with E-state index in [1.807, 2.05) is 41.5 Å². The van der Waals surface area contributed by atoms with Gasteiger partial charge in [-0.25, -0.2) is 0 Å². The highest BCUT2D eigenvalue weighted by Crippen LogP contribution is 1.89. The first-order chi connectivity index (χ1) is 40.5. The van der Waals surface area contributed by atoms with Crippen LogP contribution in [0.25, 0.3) is 0 Å². The third-order valence-electron chi connectivity index (χ3n) is 8.40. The van der Waals surface area contributed by atoms with E-state index in [9.17, 15) is 43.2 Å². The molecule has 642 valence electrons. The van der Waals surface area contributed by atoms with Gasteiger partial charge >= 0.3 is 23.9 Å². The molecule has 0 aliphatic rings. The summed E-state index contributed by atoms with van der Waals surface area (Å²) in [7, 11) is 15.1. The Morgan fingerprint density at radius 2 is 0.510 bits per heavy atom. The van der Waals surface area contributed by atoms with Crippen LogP contribution in [0.5, 0.6) is 0 Å². The van der Waals surface area contributed by atoms with E-state index in [4.69, 9.17) is 29.4 Å². The Morgan fingerprint density at radius 3 is 0.539 bits per heavy atom. The van der Waals surface area contributed by atoms with Crippen LogP contribution in [-0.4, -0.2) is 156 Å². The van der Waals surface area contributed by atoms with E-state index in [1.54, 1.807) is 84.0 Å². The average molecular weight is 1550 g/mol. The van der Waals surface area contributed by atoms with Gasteiger partial charge in [0.2, 0.25) is 0 Å². The maximum absolute atomic E-state index is 10.4. The van der Waals surface area contributed by atoms with E-state index >= 15 is 0 Å². The maximum atomic E-state index is 10.4. The minimum absolute atomic E-state index is 0. The zero-order valence-corrected chi connectivity index (χ0v) is 62.7. The highest BCUT2D eigenvalue weighted by Gasteiger charge is 2.06. The molecule has 0 aliphatic heterocycles. The lowest BCUT2D eigenvalue weighted by Gasteiger charge is -2.00. The minimum atomic E-state index is -0.257. The molecule has 8 N–H and O–H groups in total. The third-order valence-corrected chi connectivity index (χ3v) is 9.89. The normalized spacial score (nSPS) is 7.33. The summed E-state index contributed by atoms with van der Waals surface area (Å²) < 4.78 is 26.0. The summed E-state index contributed by atoms with van der Waals surface area (Å²) in [4.78, 5) is 102. The first kappa shape index (κ1) is 199. The molecule has 23 nitrogen and oxygen atoms in total. The molecule has 0 aromatic rings. The van der Waals surface area contributed by atoms with Gasteiger partial charge < -0.3 is 60.5 Å². The zero-order chi connectivity index (χ0) is 72.8. The number of Topliss-reactive ketones (excluding diaryl/α,β-unsaturated/α-hetero) is 5. The van der Waals surface area contributed by atoms with Gasteiger partial charge in [0.1, 0.15) is 17.3 Å². The Labute approximate surface area is 656 Å². The van der Waals surface area contributed by atoms with Crippen LogP contribution in [-0.2, 0) is 71.6 Å².